The van der Waals surface area contributed by atoms with Crippen molar-refractivity contribution in [1.29, 1.82) is 0 Å². The molecule has 0 heterocycles. The van der Waals surface area contributed by atoms with Crippen molar-refractivity contribution in [3.8, 4) is 0 Å². The average molecular weight is 208 g/mol. The lowest BCUT2D eigenvalue weighted by Crippen LogP contribution is -2.06. The molecule has 0 spiro atoms. The number of rotatable bonds is 3. The van der Waals surface area contributed by atoms with Crippen LogP contribution in [0.2, 0.25) is 0 Å². The lowest BCUT2D eigenvalue weighted by atomic mass is 10.4. The van der Waals surface area contributed by atoms with Crippen molar-refractivity contribution in [3.05, 3.63) is 12.2 Å². The molecule has 0 aromatic rings. The predicted molar refractivity (Wildman–Crippen MR) is 42.5 cm³/mol. The van der Waals surface area contributed by atoms with Crippen LogP contribution in [0.3, 0.4) is 0 Å². The minimum Gasteiger partial charge on any atom is -0.362 e. The van der Waals surface area contributed by atoms with Gasteiger partial charge in [0.05, 0.1) is 0 Å². The molecule has 6 nitrogen and oxygen atoms in total. The highest BCUT2D eigenvalue weighted by Gasteiger charge is 2.29. The Hall–Kier alpha value is -1.13. The van der Waals surface area contributed by atoms with Crippen LogP contribution in [-0.2, 0) is 23.2 Å². The first-order valence-corrected chi connectivity index (χ1v) is 4.66. The Morgan fingerprint density at radius 1 is 1.31 bits per heavy atom. The summed E-state index contributed by atoms with van der Waals surface area (Å²) in [6, 6.07) is 0. The second kappa shape index (κ2) is 4.20. The Kier molecular flexibility index (Phi) is 3.84. The minimum absolute atomic E-state index is 0.0681. The van der Waals surface area contributed by atoms with Gasteiger partial charge in [-0.2, -0.15) is 0 Å². The molecule has 0 radical (unpaired) electrons. The first-order valence-electron chi connectivity index (χ1n) is 3.17. The topological polar surface area (TPSA) is 89.9 Å². The smallest absolute Gasteiger partial charge is 0.362 e. The van der Waals surface area contributed by atoms with Crippen LogP contribution in [-0.4, -0.2) is 16.8 Å². The highest BCUT2D eigenvalue weighted by Crippen LogP contribution is 2.43. The van der Waals surface area contributed by atoms with Gasteiger partial charge in [0.2, 0.25) is 0 Å². The van der Waals surface area contributed by atoms with E-state index >= 15 is 0 Å². The second-order valence-corrected chi connectivity index (χ2v) is 3.51. The van der Waals surface area contributed by atoms with Gasteiger partial charge in [-0.25, -0.2) is 9.36 Å². The number of carbonyl (C=O) groups excluding carboxylic acids is 2. The van der Waals surface area contributed by atoms with Crippen molar-refractivity contribution in [2.45, 2.75) is 13.8 Å². The van der Waals surface area contributed by atoms with E-state index in [9.17, 15) is 14.2 Å². The van der Waals surface area contributed by atoms with Gasteiger partial charge < -0.3 is 9.05 Å². The van der Waals surface area contributed by atoms with Crippen LogP contribution in [0.25, 0.3) is 0 Å². The van der Waals surface area contributed by atoms with Crippen molar-refractivity contribution >= 4 is 19.8 Å². The number of hydrogen-bond acceptors (Lipinski definition) is 5. The van der Waals surface area contributed by atoms with Crippen LogP contribution in [0, 0.1) is 0 Å². The quantitative estimate of drug-likeness (QED) is 0.544. The Bertz CT molecular complexity index is 293. The molecule has 7 heteroatoms. The summed E-state index contributed by atoms with van der Waals surface area (Å²) < 4.78 is 18.6. The molecule has 0 aromatic carbocycles. The summed E-state index contributed by atoms with van der Waals surface area (Å²) in [5, 5.41) is 0. The van der Waals surface area contributed by atoms with Crippen molar-refractivity contribution < 1.29 is 28.1 Å². The van der Waals surface area contributed by atoms with E-state index in [0.717, 1.165) is 6.92 Å². The first-order chi connectivity index (χ1) is 5.74. The summed E-state index contributed by atoms with van der Waals surface area (Å²) in [6.07, 6.45) is 0. The van der Waals surface area contributed by atoms with Crippen LogP contribution in [0.15, 0.2) is 12.2 Å². The molecule has 0 aromatic heterocycles. The largest absolute Gasteiger partial charge is 0.589 e. The van der Waals surface area contributed by atoms with Crippen molar-refractivity contribution in [3.63, 3.8) is 0 Å². The van der Waals surface area contributed by atoms with E-state index in [-0.39, 0.29) is 5.57 Å². The summed E-state index contributed by atoms with van der Waals surface area (Å²) in [5.41, 5.74) is -0.0681. The highest BCUT2D eigenvalue weighted by molar-refractivity contribution is 7.48. The molecule has 1 atom stereocenters. The maximum absolute atomic E-state index is 10.8. The Labute approximate surface area is 74.8 Å². The monoisotopic (exact) mass is 208 g/mol. The lowest BCUT2D eigenvalue weighted by Gasteiger charge is -2.09. The van der Waals surface area contributed by atoms with Gasteiger partial charge in [-0.15, -0.1) is 0 Å². The molecule has 1 unspecified atom stereocenters. The fourth-order valence-corrected chi connectivity index (χ4v) is 1.09. The number of phosphoric ester groups is 1. The van der Waals surface area contributed by atoms with Crippen molar-refractivity contribution in [2.75, 3.05) is 0 Å². The maximum atomic E-state index is 10.8. The van der Waals surface area contributed by atoms with E-state index in [2.05, 4.69) is 15.6 Å². The molecule has 0 aliphatic rings. The number of hydrogen-bond donors (Lipinski definition) is 1. The molecular formula is C6H9O6P. The van der Waals surface area contributed by atoms with Gasteiger partial charge in [0.15, 0.2) is 0 Å². The van der Waals surface area contributed by atoms with E-state index in [0.29, 0.717) is 0 Å². The van der Waals surface area contributed by atoms with Gasteiger partial charge in [-0.1, -0.05) is 6.58 Å². The third-order valence-corrected chi connectivity index (χ3v) is 1.68. The van der Waals surface area contributed by atoms with Gasteiger partial charge >= 0.3 is 19.8 Å². The van der Waals surface area contributed by atoms with E-state index in [4.69, 9.17) is 4.89 Å². The molecule has 13 heavy (non-hydrogen) atoms. The maximum Gasteiger partial charge on any atom is 0.589 e. The van der Waals surface area contributed by atoms with E-state index in [1.165, 1.54) is 6.92 Å². The molecule has 74 valence electrons. The van der Waals surface area contributed by atoms with Crippen molar-refractivity contribution in [2.24, 2.45) is 0 Å². The van der Waals surface area contributed by atoms with Crippen LogP contribution in [0.4, 0.5) is 0 Å². The Morgan fingerprint density at radius 2 is 1.77 bits per heavy atom. The van der Waals surface area contributed by atoms with Crippen LogP contribution >= 0.6 is 7.82 Å². The third kappa shape index (κ3) is 5.16. The first kappa shape index (κ1) is 11.9. The van der Waals surface area contributed by atoms with Gasteiger partial charge in [0.25, 0.3) is 0 Å². The minimum atomic E-state index is -4.62. The zero-order valence-electron chi connectivity index (χ0n) is 7.14. The van der Waals surface area contributed by atoms with Crippen LogP contribution in [0.1, 0.15) is 13.8 Å². The van der Waals surface area contributed by atoms with Gasteiger partial charge in [0.1, 0.15) is 0 Å². The molecule has 0 rings (SSSR count). The summed E-state index contributed by atoms with van der Waals surface area (Å²) in [7, 11) is -4.62. The molecule has 0 fully saturated rings. The van der Waals surface area contributed by atoms with Crippen molar-refractivity contribution in [1.82, 2.24) is 0 Å². The zero-order chi connectivity index (χ0) is 10.6. The molecule has 0 saturated heterocycles. The Morgan fingerprint density at radius 3 is 2.08 bits per heavy atom. The summed E-state index contributed by atoms with van der Waals surface area (Å²) in [6.45, 7) is 5.37. The number of carbonyl (C=O) groups is 2. The fraction of sp³-hybridized carbons (Fsp3) is 0.333. The number of phosphoric acid groups is 1. The average Bonchev–Trinajstić information content (AvgIpc) is 1.81. The third-order valence-electron chi connectivity index (χ3n) is 0.791. The molecule has 0 aliphatic heterocycles. The van der Waals surface area contributed by atoms with Gasteiger partial charge in [-0.3, -0.25) is 9.69 Å². The van der Waals surface area contributed by atoms with Crippen LogP contribution in [0.5, 0.6) is 0 Å². The normalized spacial score (nSPS) is 14.1. The molecule has 0 aliphatic carbocycles. The molecule has 0 amide bonds. The standard InChI is InChI=1S/C6H9O6P/c1-4(2)6(8)12-13(9,10)11-5(3)7/h1H2,2-3H3,(H,9,10). The predicted octanol–water partition coefficient (Wildman–Crippen LogP) is 0.769. The molecule has 1 N–H and O–H groups in total. The zero-order valence-corrected chi connectivity index (χ0v) is 8.04. The Balaban J connectivity index is 4.34. The van der Waals surface area contributed by atoms with Crippen LogP contribution < -0.4 is 0 Å². The highest BCUT2D eigenvalue weighted by atomic mass is 31.2. The molecule has 0 bridgehead atoms. The van der Waals surface area contributed by atoms with E-state index in [1.807, 2.05) is 0 Å². The fourth-order valence-electron chi connectivity index (χ4n) is 0.364. The van der Waals surface area contributed by atoms with Gasteiger partial charge in [0, 0.05) is 12.5 Å². The van der Waals surface area contributed by atoms with E-state index < -0.39 is 19.8 Å². The summed E-state index contributed by atoms with van der Waals surface area (Å²) in [5.74, 6) is -2.10. The second-order valence-electron chi connectivity index (χ2n) is 2.21. The molecule has 0 saturated carbocycles. The lowest BCUT2D eigenvalue weighted by molar-refractivity contribution is -0.136. The van der Waals surface area contributed by atoms with Gasteiger partial charge in [-0.05, 0) is 6.92 Å². The van der Waals surface area contributed by atoms with E-state index in [1.54, 1.807) is 0 Å². The molecular weight excluding hydrogens is 199 g/mol. The summed E-state index contributed by atoms with van der Waals surface area (Å²) >= 11 is 0. The summed E-state index contributed by atoms with van der Waals surface area (Å²) in [4.78, 5) is 29.7. The SMILES string of the molecule is C=C(C)C(=O)OP(=O)(O)OC(C)=O.